The number of hydrogen-bond donors (Lipinski definition) is 0. The number of thiophene rings is 1. The molecule has 0 bridgehead atoms. The van der Waals surface area contributed by atoms with Crippen LogP contribution < -0.4 is 11.2 Å². The summed E-state index contributed by atoms with van der Waals surface area (Å²) in [5.74, 6) is -0.827. The van der Waals surface area contributed by atoms with Gasteiger partial charge in [0.1, 0.15) is 4.83 Å². The van der Waals surface area contributed by atoms with Gasteiger partial charge >= 0.3 is 11.7 Å². The van der Waals surface area contributed by atoms with Crippen molar-refractivity contribution < 1.29 is 14.3 Å². The third-order valence-corrected chi connectivity index (χ3v) is 5.86. The molecule has 0 spiro atoms. The van der Waals surface area contributed by atoms with E-state index in [-0.39, 0.29) is 17.8 Å². The molecule has 3 heterocycles. The number of aryl methyl sites for hydroxylation is 1. The van der Waals surface area contributed by atoms with E-state index in [1.165, 1.54) is 17.7 Å². The van der Waals surface area contributed by atoms with Crippen molar-refractivity contribution in [2.24, 2.45) is 20.0 Å². The van der Waals surface area contributed by atoms with E-state index in [0.717, 1.165) is 22.3 Å². The number of carbonyl (C=O) groups excluding carboxylic acids is 2. The van der Waals surface area contributed by atoms with E-state index in [1.807, 2.05) is 0 Å². The van der Waals surface area contributed by atoms with Gasteiger partial charge < -0.3 is 9.64 Å². The van der Waals surface area contributed by atoms with E-state index in [9.17, 15) is 19.2 Å². The molecule has 0 radical (unpaired) electrons. The summed E-state index contributed by atoms with van der Waals surface area (Å²) in [6, 6.07) is 1.54. The Kier molecular flexibility index (Phi) is 4.99. The molecule has 9 heteroatoms. The summed E-state index contributed by atoms with van der Waals surface area (Å²) in [5.41, 5.74) is -0.842. The van der Waals surface area contributed by atoms with Crippen molar-refractivity contribution in [3.05, 3.63) is 31.8 Å². The zero-order chi connectivity index (χ0) is 19.0. The topological polar surface area (TPSA) is 90.6 Å². The van der Waals surface area contributed by atoms with Crippen LogP contribution in [0.2, 0.25) is 0 Å². The fourth-order valence-electron chi connectivity index (χ4n) is 3.24. The van der Waals surface area contributed by atoms with E-state index in [2.05, 4.69) is 0 Å². The second-order valence-corrected chi connectivity index (χ2v) is 7.41. The fraction of sp³-hybridized carbons (Fsp3) is 0.529. The number of piperidine rings is 1. The van der Waals surface area contributed by atoms with Crippen LogP contribution in [0.15, 0.2) is 15.7 Å². The molecule has 0 aromatic carbocycles. The Morgan fingerprint density at radius 3 is 2.69 bits per heavy atom. The number of carbonyl (C=O) groups is 2. The molecule has 2 aromatic rings. The zero-order valence-corrected chi connectivity index (χ0v) is 15.8. The molecule has 0 unspecified atom stereocenters. The van der Waals surface area contributed by atoms with Crippen LogP contribution in [0.5, 0.6) is 0 Å². The maximum atomic E-state index is 12.9. The second-order valence-electron chi connectivity index (χ2n) is 6.38. The molecule has 8 nitrogen and oxygen atoms in total. The van der Waals surface area contributed by atoms with Crippen molar-refractivity contribution in [1.29, 1.82) is 0 Å². The minimum Gasteiger partial charge on any atom is -0.466 e. The summed E-state index contributed by atoms with van der Waals surface area (Å²) in [4.78, 5) is 51.7. The largest absolute Gasteiger partial charge is 0.466 e. The highest BCUT2D eigenvalue weighted by Crippen LogP contribution is 2.26. The summed E-state index contributed by atoms with van der Waals surface area (Å²) >= 11 is 1.12. The fourth-order valence-corrected chi connectivity index (χ4v) is 4.31. The van der Waals surface area contributed by atoms with E-state index in [4.69, 9.17) is 4.74 Å². The van der Waals surface area contributed by atoms with Gasteiger partial charge in [-0.3, -0.25) is 23.5 Å². The quantitative estimate of drug-likeness (QED) is 0.733. The highest BCUT2D eigenvalue weighted by Gasteiger charge is 2.30. The summed E-state index contributed by atoms with van der Waals surface area (Å²) in [7, 11) is 2.99. The number of rotatable bonds is 3. The van der Waals surface area contributed by atoms with Gasteiger partial charge in [-0.15, -0.1) is 11.3 Å². The lowest BCUT2D eigenvalue weighted by molar-refractivity contribution is -0.149. The summed E-state index contributed by atoms with van der Waals surface area (Å²) in [6.45, 7) is 2.94. The van der Waals surface area contributed by atoms with Gasteiger partial charge in [-0.1, -0.05) is 0 Å². The van der Waals surface area contributed by atoms with Gasteiger partial charge in [-0.05, 0) is 25.8 Å². The van der Waals surface area contributed by atoms with Crippen molar-refractivity contribution in [2.75, 3.05) is 19.7 Å². The van der Waals surface area contributed by atoms with Crippen LogP contribution in [0.4, 0.5) is 0 Å². The predicted molar refractivity (Wildman–Crippen MR) is 97.6 cm³/mol. The molecule has 140 valence electrons. The first-order valence-electron chi connectivity index (χ1n) is 8.50. The molecule has 0 aliphatic carbocycles. The summed E-state index contributed by atoms with van der Waals surface area (Å²) in [6.07, 6.45) is 1.42. The lowest BCUT2D eigenvalue weighted by Gasteiger charge is -2.31. The van der Waals surface area contributed by atoms with Gasteiger partial charge in [0, 0.05) is 27.2 Å². The van der Waals surface area contributed by atoms with E-state index < -0.39 is 11.2 Å². The number of likely N-dealkylation sites (tertiary alicyclic amines) is 1. The molecule has 1 saturated heterocycles. The SMILES string of the molecule is CCOC(=O)[C@@H]1CCCN(C(=O)c2cc3c(=O)n(C)c(=O)n(C)c3s2)C1. The molecular formula is C17H21N3O5S. The van der Waals surface area contributed by atoms with Gasteiger partial charge in [-0.25, -0.2) is 4.79 Å². The van der Waals surface area contributed by atoms with Gasteiger partial charge in [0.25, 0.3) is 11.5 Å². The Balaban J connectivity index is 1.92. The summed E-state index contributed by atoms with van der Waals surface area (Å²) in [5, 5.41) is 0.349. The number of fused-ring (bicyclic) bond motifs is 1. The molecule has 1 aliphatic rings. The maximum absolute atomic E-state index is 12.9. The first kappa shape index (κ1) is 18.4. The summed E-state index contributed by atoms with van der Waals surface area (Å²) < 4.78 is 7.46. The van der Waals surface area contributed by atoms with Crippen molar-refractivity contribution in [1.82, 2.24) is 14.0 Å². The van der Waals surface area contributed by atoms with Gasteiger partial charge in [0.2, 0.25) is 0 Å². The Labute approximate surface area is 153 Å². The van der Waals surface area contributed by atoms with Crippen LogP contribution in [0.25, 0.3) is 10.2 Å². The minimum atomic E-state index is -0.427. The second kappa shape index (κ2) is 7.06. The maximum Gasteiger partial charge on any atom is 0.331 e. The number of amides is 1. The zero-order valence-electron chi connectivity index (χ0n) is 15.0. The number of nitrogens with zero attached hydrogens (tertiary/aromatic N) is 3. The molecule has 1 atom stereocenters. The molecular weight excluding hydrogens is 358 g/mol. The Bertz CT molecular complexity index is 987. The van der Waals surface area contributed by atoms with Gasteiger partial charge in [-0.2, -0.15) is 0 Å². The molecule has 0 saturated carbocycles. The van der Waals surface area contributed by atoms with Gasteiger partial charge in [0.15, 0.2) is 0 Å². The van der Waals surface area contributed by atoms with Crippen LogP contribution in [0, 0.1) is 5.92 Å². The lowest BCUT2D eigenvalue weighted by atomic mass is 9.98. The molecule has 0 N–H and O–H groups in total. The van der Waals surface area contributed by atoms with Crippen molar-refractivity contribution in [2.45, 2.75) is 19.8 Å². The standard InChI is InChI=1S/C17H21N3O5S/c1-4-25-16(23)10-6-5-7-20(9-10)14(22)12-8-11-13(21)18(2)17(24)19(3)15(11)26-12/h8,10H,4-7,9H2,1-3H3/t10-/m1/s1. The molecule has 3 rings (SSSR count). The average Bonchev–Trinajstić information content (AvgIpc) is 3.10. The number of ether oxygens (including phenoxy) is 1. The molecule has 1 amide bonds. The van der Waals surface area contributed by atoms with Crippen molar-refractivity contribution >= 4 is 33.4 Å². The third-order valence-electron chi connectivity index (χ3n) is 4.67. The van der Waals surface area contributed by atoms with Crippen LogP contribution in [0.1, 0.15) is 29.4 Å². The van der Waals surface area contributed by atoms with E-state index >= 15 is 0 Å². The van der Waals surface area contributed by atoms with E-state index in [1.54, 1.807) is 18.9 Å². The van der Waals surface area contributed by atoms with E-state index in [0.29, 0.717) is 41.2 Å². The third kappa shape index (κ3) is 3.07. The van der Waals surface area contributed by atoms with Crippen LogP contribution in [-0.4, -0.2) is 45.6 Å². The molecule has 26 heavy (non-hydrogen) atoms. The Morgan fingerprint density at radius 1 is 1.27 bits per heavy atom. The molecule has 1 aliphatic heterocycles. The highest BCUT2D eigenvalue weighted by atomic mass is 32.1. The first-order valence-corrected chi connectivity index (χ1v) is 9.32. The average molecular weight is 379 g/mol. The first-order chi connectivity index (χ1) is 12.3. The molecule has 2 aromatic heterocycles. The van der Waals surface area contributed by atoms with Gasteiger partial charge in [0.05, 0.1) is 22.8 Å². The van der Waals surface area contributed by atoms with Crippen LogP contribution in [0.3, 0.4) is 0 Å². The van der Waals surface area contributed by atoms with Crippen molar-refractivity contribution in [3.8, 4) is 0 Å². The smallest absolute Gasteiger partial charge is 0.331 e. The highest BCUT2D eigenvalue weighted by molar-refractivity contribution is 7.20. The monoisotopic (exact) mass is 379 g/mol. The number of aromatic nitrogens is 2. The number of hydrogen-bond acceptors (Lipinski definition) is 6. The lowest BCUT2D eigenvalue weighted by Crippen LogP contribution is -2.42. The Hall–Kier alpha value is -2.42. The minimum absolute atomic E-state index is 0.227. The van der Waals surface area contributed by atoms with Crippen molar-refractivity contribution in [3.63, 3.8) is 0 Å². The normalized spacial score (nSPS) is 17.5. The molecule has 1 fully saturated rings. The Morgan fingerprint density at radius 2 is 2.00 bits per heavy atom. The van der Waals surface area contributed by atoms with Crippen LogP contribution in [-0.2, 0) is 23.6 Å². The predicted octanol–water partition coefficient (Wildman–Crippen LogP) is 0.714. The van der Waals surface area contributed by atoms with Crippen LogP contribution >= 0.6 is 11.3 Å². The number of esters is 1.